The second-order valence-corrected chi connectivity index (χ2v) is 3.44. The van der Waals surface area contributed by atoms with Crippen LogP contribution < -0.4 is 9.47 Å². The van der Waals surface area contributed by atoms with Gasteiger partial charge in [0.2, 0.25) is 0 Å². The molecule has 1 atom stereocenters. The van der Waals surface area contributed by atoms with Gasteiger partial charge in [-0.1, -0.05) is 0 Å². The van der Waals surface area contributed by atoms with E-state index in [1.807, 2.05) is 0 Å². The van der Waals surface area contributed by atoms with Crippen molar-refractivity contribution in [2.45, 2.75) is 6.10 Å². The number of aliphatic hydroxyl groups is 1. The van der Waals surface area contributed by atoms with Gasteiger partial charge in [0.25, 0.3) is 0 Å². The van der Waals surface area contributed by atoms with E-state index in [2.05, 4.69) is 0 Å². The van der Waals surface area contributed by atoms with Crippen LogP contribution >= 0.6 is 0 Å². The van der Waals surface area contributed by atoms with E-state index in [1.165, 1.54) is 14.2 Å². The first-order valence-electron chi connectivity index (χ1n) is 5.14. The predicted octanol–water partition coefficient (Wildman–Crippen LogP) is 0.894. The summed E-state index contributed by atoms with van der Waals surface area (Å²) in [7, 11) is 3.02. The van der Waals surface area contributed by atoms with Crippen molar-refractivity contribution in [3.8, 4) is 11.5 Å². The molecule has 0 fully saturated rings. The molecule has 0 amide bonds. The van der Waals surface area contributed by atoms with Crippen molar-refractivity contribution in [2.24, 2.45) is 0 Å². The van der Waals surface area contributed by atoms with Crippen molar-refractivity contribution < 1.29 is 24.1 Å². The molecule has 0 spiro atoms. The summed E-state index contributed by atoms with van der Waals surface area (Å²) >= 11 is 0. The Kier molecular flexibility index (Phi) is 5.45. The third-order valence-corrected chi connectivity index (χ3v) is 2.14. The van der Waals surface area contributed by atoms with Gasteiger partial charge in [0.15, 0.2) is 6.29 Å². The third-order valence-electron chi connectivity index (χ3n) is 2.14. The molecule has 0 heterocycles. The number of benzene rings is 1. The van der Waals surface area contributed by atoms with E-state index < -0.39 is 6.10 Å². The molecule has 1 unspecified atom stereocenters. The van der Waals surface area contributed by atoms with Crippen molar-refractivity contribution in [1.29, 1.82) is 0 Å². The average Bonchev–Trinajstić information content (AvgIpc) is 2.36. The molecule has 94 valence electrons. The minimum absolute atomic E-state index is 0.0574. The predicted molar refractivity (Wildman–Crippen MR) is 61.8 cm³/mol. The molecule has 5 heteroatoms. The summed E-state index contributed by atoms with van der Waals surface area (Å²) < 4.78 is 15.1. The molecule has 0 aliphatic heterocycles. The van der Waals surface area contributed by atoms with E-state index in [-0.39, 0.29) is 13.2 Å². The minimum atomic E-state index is -0.731. The molecule has 0 bridgehead atoms. The molecule has 1 aromatic carbocycles. The normalized spacial score (nSPS) is 11.9. The topological polar surface area (TPSA) is 65.0 Å². The van der Waals surface area contributed by atoms with Crippen LogP contribution in [0.4, 0.5) is 0 Å². The summed E-state index contributed by atoms with van der Waals surface area (Å²) in [6, 6.07) is 4.87. The average molecular weight is 240 g/mol. The molecule has 1 aromatic rings. The standard InChI is InChI=1S/C12H16O5/c1-15-7-10(14)8-17-12-5-11(16-2)4-3-9(12)6-13/h3-6,10,14H,7-8H2,1-2H3. The molecule has 17 heavy (non-hydrogen) atoms. The van der Waals surface area contributed by atoms with E-state index in [1.54, 1.807) is 18.2 Å². The summed E-state index contributed by atoms with van der Waals surface area (Å²) in [4.78, 5) is 10.8. The van der Waals surface area contributed by atoms with E-state index in [0.717, 1.165) is 0 Å². The lowest BCUT2D eigenvalue weighted by atomic mass is 10.2. The second kappa shape index (κ2) is 6.88. The monoisotopic (exact) mass is 240 g/mol. The Morgan fingerprint density at radius 2 is 2.12 bits per heavy atom. The third kappa shape index (κ3) is 4.05. The van der Waals surface area contributed by atoms with Gasteiger partial charge in [-0.15, -0.1) is 0 Å². The summed E-state index contributed by atoms with van der Waals surface area (Å²) in [6.07, 6.45) is -0.0389. The highest BCUT2D eigenvalue weighted by Crippen LogP contribution is 2.23. The first kappa shape index (κ1) is 13.5. The summed E-state index contributed by atoms with van der Waals surface area (Å²) in [6.45, 7) is 0.238. The van der Waals surface area contributed by atoms with Crippen molar-refractivity contribution >= 4 is 6.29 Å². The Morgan fingerprint density at radius 3 is 2.71 bits per heavy atom. The summed E-state index contributed by atoms with van der Waals surface area (Å²) in [5.41, 5.74) is 0.412. The zero-order chi connectivity index (χ0) is 12.7. The van der Waals surface area contributed by atoms with Crippen LogP contribution in [0.2, 0.25) is 0 Å². The van der Waals surface area contributed by atoms with Crippen LogP contribution in [0.25, 0.3) is 0 Å². The lowest BCUT2D eigenvalue weighted by Gasteiger charge is -2.13. The lowest BCUT2D eigenvalue weighted by Crippen LogP contribution is -2.22. The zero-order valence-corrected chi connectivity index (χ0v) is 9.88. The van der Waals surface area contributed by atoms with Crippen LogP contribution in [0.3, 0.4) is 0 Å². The Morgan fingerprint density at radius 1 is 1.35 bits per heavy atom. The van der Waals surface area contributed by atoms with Crippen LogP contribution in [0.15, 0.2) is 18.2 Å². The van der Waals surface area contributed by atoms with Crippen molar-refractivity contribution in [3.63, 3.8) is 0 Å². The van der Waals surface area contributed by atoms with E-state index in [9.17, 15) is 9.90 Å². The molecule has 0 saturated carbocycles. The largest absolute Gasteiger partial charge is 0.497 e. The van der Waals surface area contributed by atoms with E-state index in [4.69, 9.17) is 14.2 Å². The Bertz CT molecular complexity index is 364. The first-order chi connectivity index (χ1) is 8.21. The highest BCUT2D eigenvalue weighted by Gasteiger charge is 2.08. The van der Waals surface area contributed by atoms with E-state index >= 15 is 0 Å². The van der Waals surface area contributed by atoms with Gasteiger partial charge in [-0.3, -0.25) is 4.79 Å². The molecular weight excluding hydrogens is 224 g/mol. The zero-order valence-electron chi connectivity index (χ0n) is 9.88. The van der Waals surface area contributed by atoms with Gasteiger partial charge in [0, 0.05) is 13.2 Å². The maximum absolute atomic E-state index is 10.8. The van der Waals surface area contributed by atoms with Gasteiger partial charge in [-0.2, -0.15) is 0 Å². The number of rotatable bonds is 7. The highest BCUT2D eigenvalue weighted by molar-refractivity contribution is 5.79. The van der Waals surface area contributed by atoms with Crippen LogP contribution in [-0.2, 0) is 4.74 Å². The van der Waals surface area contributed by atoms with Crippen LogP contribution in [0, 0.1) is 0 Å². The number of hydrogen-bond acceptors (Lipinski definition) is 5. The van der Waals surface area contributed by atoms with E-state index in [0.29, 0.717) is 23.3 Å². The minimum Gasteiger partial charge on any atom is -0.497 e. The fraction of sp³-hybridized carbons (Fsp3) is 0.417. The number of aldehydes is 1. The van der Waals surface area contributed by atoms with Crippen molar-refractivity contribution in [2.75, 3.05) is 27.4 Å². The molecule has 0 aliphatic rings. The van der Waals surface area contributed by atoms with Gasteiger partial charge in [-0.25, -0.2) is 0 Å². The first-order valence-corrected chi connectivity index (χ1v) is 5.14. The fourth-order valence-corrected chi connectivity index (χ4v) is 1.29. The van der Waals surface area contributed by atoms with Crippen LogP contribution in [0.5, 0.6) is 11.5 Å². The molecular formula is C12H16O5. The van der Waals surface area contributed by atoms with Gasteiger partial charge in [-0.05, 0) is 12.1 Å². The van der Waals surface area contributed by atoms with Gasteiger partial charge in [0.05, 0.1) is 19.3 Å². The number of carbonyl (C=O) groups is 1. The SMILES string of the molecule is COCC(O)COc1cc(OC)ccc1C=O. The molecule has 5 nitrogen and oxygen atoms in total. The molecule has 0 aromatic heterocycles. The molecule has 1 N–H and O–H groups in total. The number of aliphatic hydroxyl groups excluding tert-OH is 1. The Balaban J connectivity index is 2.70. The quantitative estimate of drug-likeness (QED) is 0.717. The smallest absolute Gasteiger partial charge is 0.153 e. The maximum Gasteiger partial charge on any atom is 0.153 e. The highest BCUT2D eigenvalue weighted by atomic mass is 16.5. The van der Waals surface area contributed by atoms with Crippen LogP contribution in [-0.4, -0.2) is 44.9 Å². The number of hydrogen-bond donors (Lipinski definition) is 1. The molecule has 0 saturated heterocycles. The lowest BCUT2D eigenvalue weighted by molar-refractivity contribution is 0.0323. The molecule has 1 rings (SSSR count). The molecule has 0 aliphatic carbocycles. The number of carbonyl (C=O) groups excluding carboxylic acids is 1. The van der Waals surface area contributed by atoms with Crippen molar-refractivity contribution in [3.05, 3.63) is 23.8 Å². The summed E-state index contributed by atoms with van der Waals surface area (Å²) in [5, 5.41) is 9.43. The van der Waals surface area contributed by atoms with Gasteiger partial charge >= 0.3 is 0 Å². The number of ether oxygens (including phenoxy) is 3. The van der Waals surface area contributed by atoms with Crippen molar-refractivity contribution in [1.82, 2.24) is 0 Å². The summed E-state index contributed by atoms with van der Waals surface area (Å²) in [5.74, 6) is 0.973. The molecule has 0 radical (unpaired) electrons. The Labute approximate surface area is 99.9 Å². The van der Waals surface area contributed by atoms with Gasteiger partial charge < -0.3 is 19.3 Å². The van der Waals surface area contributed by atoms with Crippen LogP contribution in [0.1, 0.15) is 10.4 Å². The second-order valence-electron chi connectivity index (χ2n) is 3.44. The number of methoxy groups -OCH3 is 2. The fourth-order valence-electron chi connectivity index (χ4n) is 1.29. The Hall–Kier alpha value is -1.59. The van der Waals surface area contributed by atoms with Gasteiger partial charge in [0.1, 0.15) is 24.2 Å². The maximum atomic E-state index is 10.8.